The quantitative estimate of drug-likeness (QED) is 0.584. The molecule has 0 aromatic carbocycles. The van der Waals surface area contributed by atoms with Crippen LogP contribution in [0.15, 0.2) is 0 Å². The van der Waals surface area contributed by atoms with E-state index in [1.807, 2.05) is 0 Å². The second-order valence-corrected chi connectivity index (χ2v) is 7.89. The van der Waals surface area contributed by atoms with Gasteiger partial charge in [-0.2, -0.15) is 0 Å². The lowest BCUT2D eigenvalue weighted by Gasteiger charge is -2.36. The first-order valence-corrected chi connectivity index (χ1v) is 7.19. The molecule has 5 heteroatoms. The summed E-state index contributed by atoms with van der Waals surface area (Å²) >= 11 is 0. The molecule has 2 aliphatic carbocycles. The first-order chi connectivity index (χ1) is 6.86. The standard InChI is InChI=1S/C10H15NO3S/c1-8(2)7-3-4-9(8)6-15(12,13)11-10(9,5-7)14-11/h7H,3-6H2,1-2H3/t7-,9?,10?,11?/m1/s1. The molecule has 4 nitrogen and oxygen atoms in total. The van der Waals surface area contributed by atoms with E-state index in [-0.39, 0.29) is 10.8 Å². The average molecular weight is 229 g/mol. The summed E-state index contributed by atoms with van der Waals surface area (Å²) in [7, 11) is -3.12. The van der Waals surface area contributed by atoms with Crippen LogP contribution in [0, 0.1) is 16.7 Å². The first kappa shape index (κ1) is 8.96. The van der Waals surface area contributed by atoms with Gasteiger partial charge in [-0.15, -0.1) is 0 Å². The van der Waals surface area contributed by atoms with E-state index in [2.05, 4.69) is 13.8 Å². The van der Waals surface area contributed by atoms with Gasteiger partial charge in [0.1, 0.15) is 0 Å². The van der Waals surface area contributed by atoms with E-state index >= 15 is 0 Å². The zero-order valence-electron chi connectivity index (χ0n) is 8.99. The van der Waals surface area contributed by atoms with Crippen LogP contribution in [-0.2, 0) is 14.9 Å². The Bertz CT molecular complexity index is 471. The van der Waals surface area contributed by atoms with Gasteiger partial charge < -0.3 is 0 Å². The molecule has 4 atom stereocenters. The minimum absolute atomic E-state index is 0.116. The summed E-state index contributed by atoms with van der Waals surface area (Å²) in [4.78, 5) is 5.49. The second kappa shape index (κ2) is 1.89. The van der Waals surface area contributed by atoms with Gasteiger partial charge in [0.2, 0.25) is 10.0 Å². The Morgan fingerprint density at radius 1 is 1.40 bits per heavy atom. The molecule has 0 aromatic heterocycles. The number of fused-ring (bicyclic) bond motifs is 1. The summed E-state index contributed by atoms with van der Waals surface area (Å²) in [6.07, 6.45) is 3.10. The van der Waals surface area contributed by atoms with Gasteiger partial charge >= 0.3 is 0 Å². The Morgan fingerprint density at radius 2 is 2.13 bits per heavy atom. The van der Waals surface area contributed by atoms with Crippen molar-refractivity contribution in [1.82, 2.24) is 4.47 Å². The maximum atomic E-state index is 11.9. The van der Waals surface area contributed by atoms with Crippen molar-refractivity contribution in [2.45, 2.75) is 38.8 Å². The molecule has 2 heterocycles. The molecule has 4 aliphatic rings. The molecule has 0 aromatic rings. The summed E-state index contributed by atoms with van der Waals surface area (Å²) in [6, 6.07) is 0. The minimum Gasteiger partial charge on any atom is -0.255 e. The highest BCUT2D eigenvalue weighted by Crippen LogP contribution is 2.80. The zero-order chi connectivity index (χ0) is 10.7. The van der Waals surface area contributed by atoms with E-state index in [0.29, 0.717) is 11.7 Å². The van der Waals surface area contributed by atoms with Gasteiger partial charge in [0.15, 0.2) is 5.72 Å². The van der Waals surface area contributed by atoms with Gasteiger partial charge in [0.05, 0.1) is 5.75 Å². The fourth-order valence-corrected chi connectivity index (χ4v) is 7.01. The lowest BCUT2D eigenvalue weighted by Crippen LogP contribution is -2.41. The maximum absolute atomic E-state index is 11.9. The number of hydrogen-bond donors (Lipinski definition) is 0. The van der Waals surface area contributed by atoms with Crippen molar-refractivity contribution >= 4 is 10.0 Å². The fraction of sp³-hybridized carbons (Fsp3) is 1.00. The Hall–Kier alpha value is -0.130. The molecule has 4 rings (SSSR count). The van der Waals surface area contributed by atoms with Crippen LogP contribution in [0.3, 0.4) is 0 Å². The van der Waals surface area contributed by atoms with Crippen molar-refractivity contribution in [2.75, 3.05) is 5.75 Å². The third kappa shape index (κ3) is 0.626. The molecule has 84 valence electrons. The monoisotopic (exact) mass is 229 g/mol. The summed E-state index contributed by atoms with van der Waals surface area (Å²) in [5.41, 5.74) is -0.424. The van der Waals surface area contributed by atoms with Crippen LogP contribution in [0.2, 0.25) is 0 Å². The van der Waals surface area contributed by atoms with Crippen LogP contribution >= 0.6 is 0 Å². The first-order valence-electron chi connectivity index (χ1n) is 5.58. The molecule has 2 spiro atoms. The SMILES string of the molecule is CC1(C)[C@@H]2CCC13CS(=O)(=O)N1OC13C2. The van der Waals surface area contributed by atoms with Crippen LogP contribution in [-0.4, -0.2) is 24.4 Å². The summed E-state index contributed by atoms with van der Waals surface area (Å²) in [5, 5.41) is 0. The van der Waals surface area contributed by atoms with Crippen molar-refractivity contribution in [1.29, 1.82) is 0 Å². The molecule has 2 saturated carbocycles. The number of hydrogen-bond acceptors (Lipinski definition) is 3. The van der Waals surface area contributed by atoms with Gasteiger partial charge in [-0.25, -0.2) is 8.42 Å². The van der Waals surface area contributed by atoms with Crippen molar-refractivity contribution in [3.8, 4) is 0 Å². The molecule has 0 radical (unpaired) electrons. The van der Waals surface area contributed by atoms with Crippen LogP contribution in [0.1, 0.15) is 33.1 Å². The van der Waals surface area contributed by atoms with Gasteiger partial charge in [-0.3, -0.25) is 4.84 Å². The Kier molecular flexibility index (Phi) is 1.13. The Labute approximate surface area is 89.6 Å². The lowest BCUT2D eigenvalue weighted by atomic mass is 9.68. The second-order valence-electron chi connectivity index (χ2n) is 6.10. The molecule has 0 amide bonds. The predicted molar refractivity (Wildman–Crippen MR) is 53.0 cm³/mol. The normalized spacial score (nSPS) is 61.5. The van der Waals surface area contributed by atoms with E-state index in [1.54, 1.807) is 0 Å². The lowest BCUT2D eigenvalue weighted by molar-refractivity contribution is 0.0724. The number of rotatable bonds is 0. The smallest absolute Gasteiger partial charge is 0.239 e. The Morgan fingerprint density at radius 3 is 2.67 bits per heavy atom. The molecular weight excluding hydrogens is 214 g/mol. The molecule has 4 fully saturated rings. The largest absolute Gasteiger partial charge is 0.255 e. The highest BCUT2D eigenvalue weighted by Gasteiger charge is 2.88. The molecule has 2 saturated heterocycles. The van der Waals surface area contributed by atoms with Gasteiger partial charge in [-0.05, 0) is 35.1 Å². The van der Waals surface area contributed by atoms with Crippen LogP contribution in [0.4, 0.5) is 0 Å². The van der Waals surface area contributed by atoms with Crippen LogP contribution < -0.4 is 0 Å². The van der Waals surface area contributed by atoms with Crippen molar-refractivity contribution in [2.24, 2.45) is 16.7 Å². The highest BCUT2D eigenvalue weighted by molar-refractivity contribution is 7.89. The Balaban J connectivity index is 1.99. The molecule has 15 heavy (non-hydrogen) atoms. The highest BCUT2D eigenvalue weighted by atomic mass is 32.2. The minimum atomic E-state index is -3.12. The molecular formula is C10H15NO3S. The molecule has 2 bridgehead atoms. The van der Waals surface area contributed by atoms with E-state index in [0.717, 1.165) is 12.8 Å². The zero-order valence-corrected chi connectivity index (χ0v) is 9.80. The predicted octanol–water partition coefficient (Wildman–Crippen LogP) is 1.10. The van der Waals surface area contributed by atoms with Gasteiger partial charge in [-0.1, -0.05) is 13.8 Å². The van der Waals surface area contributed by atoms with E-state index in [9.17, 15) is 8.42 Å². The van der Waals surface area contributed by atoms with Crippen LogP contribution in [0.25, 0.3) is 0 Å². The van der Waals surface area contributed by atoms with Crippen molar-refractivity contribution in [3.05, 3.63) is 0 Å². The van der Waals surface area contributed by atoms with Crippen LogP contribution in [0.5, 0.6) is 0 Å². The summed E-state index contributed by atoms with van der Waals surface area (Å²) in [6.45, 7) is 4.44. The van der Waals surface area contributed by atoms with Gasteiger partial charge in [0.25, 0.3) is 0 Å². The van der Waals surface area contributed by atoms with E-state index < -0.39 is 15.7 Å². The molecule has 2 aliphatic heterocycles. The van der Waals surface area contributed by atoms with E-state index in [4.69, 9.17) is 4.84 Å². The maximum Gasteiger partial charge on any atom is 0.239 e. The molecule has 3 unspecified atom stereocenters. The third-order valence-corrected chi connectivity index (χ3v) is 7.35. The fourth-order valence-electron chi connectivity index (χ4n) is 4.59. The molecule has 0 N–H and O–H groups in total. The number of sulfonamides is 1. The van der Waals surface area contributed by atoms with E-state index in [1.165, 1.54) is 10.9 Å². The number of hydroxylamine groups is 1. The number of nitrogens with zero attached hydrogens (tertiary/aromatic N) is 1. The van der Waals surface area contributed by atoms with Crippen molar-refractivity contribution < 1.29 is 13.3 Å². The van der Waals surface area contributed by atoms with Crippen molar-refractivity contribution in [3.63, 3.8) is 0 Å². The summed E-state index contributed by atoms with van der Waals surface area (Å²) < 4.78 is 25.1. The van der Waals surface area contributed by atoms with Gasteiger partial charge in [0, 0.05) is 5.41 Å². The topological polar surface area (TPSA) is 49.7 Å². The average Bonchev–Trinajstić information content (AvgIpc) is 2.70. The third-order valence-electron chi connectivity index (χ3n) is 5.62. The summed E-state index contributed by atoms with van der Waals surface area (Å²) in [5.74, 6) is 0.946.